The van der Waals surface area contributed by atoms with E-state index in [1.54, 1.807) is 24.3 Å². The van der Waals surface area contributed by atoms with E-state index < -0.39 is 0 Å². The number of para-hydroxylation sites is 1. The molecule has 0 unspecified atom stereocenters. The van der Waals surface area contributed by atoms with Crippen LogP contribution in [-0.4, -0.2) is 37.0 Å². The highest BCUT2D eigenvalue weighted by Crippen LogP contribution is 2.34. The Balaban J connectivity index is 1.51. The Morgan fingerprint density at radius 2 is 1.84 bits per heavy atom. The maximum atomic E-state index is 13.9. The largest absolute Gasteiger partial charge is 0.373 e. The fourth-order valence-electron chi connectivity index (χ4n) is 3.27. The maximum absolute atomic E-state index is 13.9. The van der Waals surface area contributed by atoms with Crippen LogP contribution >= 0.6 is 11.6 Å². The molecule has 0 saturated carbocycles. The first-order valence-electron chi connectivity index (χ1n) is 8.18. The molecule has 0 spiro atoms. The van der Waals surface area contributed by atoms with Crippen molar-refractivity contribution in [2.24, 2.45) is 0 Å². The highest BCUT2D eigenvalue weighted by Gasteiger charge is 2.26. The van der Waals surface area contributed by atoms with Gasteiger partial charge in [-0.3, -0.25) is 4.79 Å². The molecule has 25 heavy (non-hydrogen) atoms. The number of fused-ring (bicyclic) bond motifs is 1. The van der Waals surface area contributed by atoms with E-state index in [0.29, 0.717) is 29.4 Å². The molecule has 6 heteroatoms. The fourth-order valence-corrected chi connectivity index (χ4v) is 3.44. The number of hydrogen-bond donors (Lipinski definition) is 1. The fraction of sp³-hybridized carbons (Fsp3) is 0.211. The van der Waals surface area contributed by atoms with Gasteiger partial charge in [-0.25, -0.2) is 4.39 Å². The van der Waals surface area contributed by atoms with Gasteiger partial charge in [0.15, 0.2) is 0 Å². The summed E-state index contributed by atoms with van der Waals surface area (Å²) < 4.78 is 13.9. The predicted molar refractivity (Wildman–Crippen MR) is 98.2 cm³/mol. The zero-order valence-corrected chi connectivity index (χ0v) is 14.3. The number of nitrogens with one attached hydrogen (secondary N) is 1. The molecule has 0 radical (unpaired) electrons. The zero-order valence-electron chi connectivity index (χ0n) is 13.5. The van der Waals surface area contributed by atoms with Crippen LogP contribution in [0.25, 0.3) is 5.57 Å². The minimum atomic E-state index is -0.201. The lowest BCUT2D eigenvalue weighted by Crippen LogP contribution is -2.44. The Hall–Kier alpha value is -2.53. The van der Waals surface area contributed by atoms with Crippen LogP contribution in [0, 0.1) is 5.82 Å². The van der Waals surface area contributed by atoms with Gasteiger partial charge in [0, 0.05) is 48.7 Å². The minimum absolute atomic E-state index is 0.117. The molecule has 1 fully saturated rings. The van der Waals surface area contributed by atoms with Crippen molar-refractivity contribution in [3.63, 3.8) is 0 Å². The Morgan fingerprint density at radius 3 is 2.60 bits per heavy atom. The summed E-state index contributed by atoms with van der Waals surface area (Å²) >= 11 is 6.06. The Morgan fingerprint density at radius 1 is 1.08 bits per heavy atom. The number of anilines is 2. The number of rotatable bonds is 2. The summed E-state index contributed by atoms with van der Waals surface area (Å²) in [5.41, 5.74) is 2.86. The van der Waals surface area contributed by atoms with Crippen LogP contribution < -0.4 is 10.2 Å². The topological polar surface area (TPSA) is 35.6 Å². The van der Waals surface area contributed by atoms with Gasteiger partial charge in [0.2, 0.25) is 0 Å². The second-order valence-corrected chi connectivity index (χ2v) is 6.60. The summed E-state index contributed by atoms with van der Waals surface area (Å²) in [6, 6.07) is 12.2. The molecular formula is C19H17ClFN3O. The average Bonchev–Trinajstić information content (AvgIpc) is 2.91. The van der Waals surface area contributed by atoms with Gasteiger partial charge < -0.3 is 15.1 Å². The standard InChI is InChI=1S/C19H17ClFN3O/c20-13-5-6-17-14(11-13)15(19(25)22-17)12-23-7-9-24(10-8-23)18-4-2-1-3-16(18)21/h1-6,11-12H,7-10H2,(H,22,25)/b15-12+. The first-order valence-corrected chi connectivity index (χ1v) is 8.56. The van der Waals surface area contributed by atoms with Gasteiger partial charge in [-0.05, 0) is 30.3 Å². The van der Waals surface area contributed by atoms with E-state index in [2.05, 4.69) is 10.2 Å². The number of amides is 1. The van der Waals surface area contributed by atoms with Crippen molar-refractivity contribution in [2.75, 3.05) is 36.4 Å². The molecular weight excluding hydrogens is 341 g/mol. The van der Waals surface area contributed by atoms with E-state index in [9.17, 15) is 9.18 Å². The molecule has 1 N–H and O–H groups in total. The molecule has 0 bridgehead atoms. The van der Waals surface area contributed by atoms with Gasteiger partial charge in [0.25, 0.3) is 5.91 Å². The quantitative estimate of drug-likeness (QED) is 0.834. The molecule has 2 aliphatic rings. The van der Waals surface area contributed by atoms with E-state index in [1.165, 1.54) is 6.07 Å². The molecule has 2 aromatic carbocycles. The summed E-state index contributed by atoms with van der Waals surface area (Å²) in [4.78, 5) is 16.4. The number of piperazine rings is 1. The van der Waals surface area contributed by atoms with Crippen LogP contribution in [-0.2, 0) is 4.79 Å². The van der Waals surface area contributed by atoms with Crippen molar-refractivity contribution in [2.45, 2.75) is 0 Å². The van der Waals surface area contributed by atoms with E-state index in [0.717, 1.165) is 24.3 Å². The molecule has 2 aliphatic heterocycles. The normalized spacial score (nSPS) is 18.5. The van der Waals surface area contributed by atoms with Gasteiger partial charge in [-0.15, -0.1) is 0 Å². The van der Waals surface area contributed by atoms with Crippen molar-refractivity contribution in [3.05, 3.63) is 65.1 Å². The van der Waals surface area contributed by atoms with Crippen molar-refractivity contribution < 1.29 is 9.18 Å². The predicted octanol–water partition coefficient (Wildman–Crippen LogP) is 3.59. The molecule has 128 valence electrons. The van der Waals surface area contributed by atoms with Crippen LogP contribution in [0.3, 0.4) is 0 Å². The monoisotopic (exact) mass is 357 g/mol. The zero-order chi connectivity index (χ0) is 17.4. The first-order chi connectivity index (χ1) is 12.1. The highest BCUT2D eigenvalue weighted by atomic mass is 35.5. The summed E-state index contributed by atoms with van der Waals surface area (Å²) in [7, 11) is 0. The Labute approximate surface area is 150 Å². The van der Waals surface area contributed by atoms with Crippen molar-refractivity contribution in [1.29, 1.82) is 0 Å². The summed E-state index contributed by atoms with van der Waals surface area (Å²) in [6.07, 6.45) is 1.89. The number of benzene rings is 2. The molecule has 4 rings (SSSR count). The molecule has 1 amide bonds. The van der Waals surface area contributed by atoms with Crippen LogP contribution in [0.15, 0.2) is 48.7 Å². The lowest BCUT2D eigenvalue weighted by molar-refractivity contribution is -0.110. The average molecular weight is 358 g/mol. The molecule has 0 aliphatic carbocycles. The first kappa shape index (κ1) is 16.0. The van der Waals surface area contributed by atoms with Gasteiger partial charge in [0.1, 0.15) is 5.82 Å². The summed E-state index contributed by atoms with van der Waals surface area (Å²) in [5.74, 6) is -0.318. The molecule has 0 aromatic heterocycles. The molecule has 2 heterocycles. The summed E-state index contributed by atoms with van der Waals surface area (Å²) in [6.45, 7) is 2.85. The number of carbonyl (C=O) groups excluding carboxylic acids is 1. The van der Waals surface area contributed by atoms with Crippen LogP contribution in [0.5, 0.6) is 0 Å². The number of hydrogen-bond acceptors (Lipinski definition) is 3. The van der Waals surface area contributed by atoms with Crippen molar-refractivity contribution in [3.8, 4) is 0 Å². The maximum Gasteiger partial charge on any atom is 0.257 e. The van der Waals surface area contributed by atoms with Gasteiger partial charge >= 0.3 is 0 Å². The number of nitrogens with zero attached hydrogens (tertiary/aromatic N) is 2. The number of halogens is 2. The SMILES string of the molecule is O=C1Nc2ccc(Cl)cc2/C1=C\N1CCN(c2ccccc2F)CC1. The van der Waals surface area contributed by atoms with Gasteiger partial charge in [0.05, 0.1) is 11.3 Å². The van der Waals surface area contributed by atoms with E-state index in [4.69, 9.17) is 11.6 Å². The third-order valence-electron chi connectivity index (χ3n) is 4.58. The second-order valence-electron chi connectivity index (χ2n) is 6.16. The number of carbonyl (C=O) groups is 1. The smallest absolute Gasteiger partial charge is 0.257 e. The summed E-state index contributed by atoms with van der Waals surface area (Å²) in [5, 5.41) is 3.46. The van der Waals surface area contributed by atoms with Crippen molar-refractivity contribution >= 4 is 34.5 Å². The molecule has 2 aromatic rings. The molecule has 1 saturated heterocycles. The Bertz CT molecular complexity index is 859. The van der Waals surface area contributed by atoms with Crippen molar-refractivity contribution in [1.82, 2.24) is 4.90 Å². The van der Waals surface area contributed by atoms with Crippen LogP contribution in [0.1, 0.15) is 5.56 Å². The second kappa shape index (κ2) is 6.41. The lowest BCUT2D eigenvalue weighted by Gasteiger charge is -2.35. The van der Waals surface area contributed by atoms with E-state index in [1.807, 2.05) is 23.2 Å². The molecule has 0 atom stereocenters. The van der Waals surface area contributed by atoms with E-state index in [-0.39, 0.29) is 11.7 Å². The van der Waals surface area contributed by atoms with Gasteiger partial charge in [-0.2, -0.15) is 0 Å². The van der Waals surface area contributed by atoms with Crippen LogP contribution in [0.4, 0.5) is 15.8 Å². The van der Waals surface area contributed by atoms with Gasteiger partial charge in [-0.1, -0.05) is 23.7 Å². The van der Waals surface area contributed by atoms with Crippen LogP contribution in [0.2, 0.25) is 5.02 Å². The minimum Gasteiger partial charge on any atom is -0.373 e. The van der Waals surface area contributed by atoms with E-state index >= 15 is 0 Å². The highest BCUT2D eigenvalue weighted by molar-refractivity contribution is 6.34. The third-order valence-corrected chi connectivity index (χ3v) is 4.82. The Kier molecular flexibility index (Phi) is 4.09. The lowest BCUT2D eigenvalue weighted by atomic mass is 10.1. The molecule has 4 nitrogen and oxygen atoms in total. The third kappa shape index (κ3) is 3.07.